The van der Waals surface area contributed by atoms with Gasteiger partial charge in [0.15, 0.2) is 5.15 Å². The Hall–Kier alpha value is -3.60. The number of ether oxygens (including phenoxy) is 4. The number of hydrogen-bond acceptors (Lipinski definition) is 9. The minimum Gasteiger partial charge on any atom is -0.497 e. The van der Waals surface area contributed by atoms with Crippen molar-refractivity contribution in [1.82, 2.24) is 20.2 Å². The largest absolute Gasteiger partial charge is 0.497 e. The molecule has 0 radical (unpaired) electrons. The van der Waals surface area contributed by atoms with Crippen molar-refractivity contribution >= 4 is 40.6 Å². The fraction of sp³-hybridized carbons (Fsp3) is 0.658. The molecule has 2 aromatic rings. The number of nitrogens with zero attached hydrogens (tertiary/aromatic N) is 3. The van der Waals surface area contributed by atoms with Crippen LogP contribution in [0.4, 0.5) is 4.79 Å². The predicted molar refractivity (Wildman–Crippen MR) is 193 cm³/mol. The Kier molecular flexibility index (Phi) is 13.4. The summed E-state index contributed by atoms with van der Waals surface area (Å²) < 4.78 is 23.5. The van der Waals surface area contributed by atoms with Gasteiger partial charge in [-0.25, -0.2) is 19.6 Å². The molecule has 0 bridgehead atoms. The summed E-state index contributed by atoms with van der Waals surface area (Å²) in [7, 11) is 1.56. The topological polar surface area (TPSA) is 129 Å². The lowest BCUT2D eigenvalue weighted by molar-refractivity contribution is -0.157. The van der Waals surface area contributed by atoms with Gasteiger partial charge in [-0.1, -0.05) is 66.1 Å². The molecule has 2 aliphatic rings. The average Bonchev–Trinajstić information content (AvgIpc) is 3.60. The van der Waals surface area contributed by atoms with Crippen LogP contribution in [0.1, 0.15) is 87.0 Å². The van der Waals surface area contributed by atoms with Crippen LogP contribution in [-0.4, -0.2) is 77.4 Å². The summed E-state index contributed by atoms with van der Waals surface area (Å²) in [5.41, 5.74) is 0.363. The van der Waals surface area contributed by atoms with Gasteiger partial charge in [-0.2, -0.15) is 0 Å². The third-order valence-corrected chi connectivity index (χ3v) is 9.94. The summed E-state index contributed by atoms with van der Waals surface area (Å²) in [5, 5.41) is 2.95. The number of alkyl carbamates (subject to hydrolysis) is 1. The first-order chi connectivity index (χ1) is 23.7. The molecule has 11 nitrogen and oxygen atoms in total. The lowest BCUT2D eigenvalue weighted by Gasteiger charge is -2.35. The number of methoxy groups -OCH3 is 1. The molecule has 1 saturated carbocycles. The summed E-state index contributed by atoms with van der Waals surface area (Å²) in [6, 6.07) is 3.29. The Balaban J connectivity index is 1.60. The average molecular weight is 715 g/mol. The Morgan fingerprint density at radius 2 is 1.88 bits per heavy atom. The quantitative estimate of drug-likeness (QED) is 0.121. The minimum atomic E-state index is -0.999. The second-order valence-electron chi connectivity index (χ2n) is 15.3. The molecule has 1 aromatic heterocycles. The van der Waals surface area contributed by atoms with E-state index in [1.165, 1.54) is 4.90 Å². The zero-order valence-electron chi connectivity index (χ0n) is 30.9. The second-order valence-corrected chi connectivity index (χ2v) is 15.7. The molecule has 1 aliphatic heterocycles. The summed E-state index contributed by atoms with van der Waals surface area (Å²) in [6.07, 6.45) is 5.48. The van der Waals surface area contributed by atoms with E-state index in [0.29, 0.717) is 29.1 Å². The van der Waals surface area contributed by atoms with Gasteiger partial charge in [0.1, 0.15) is 30.0 Å². The SMILES string of the molecule is C=CCCC[C@@H]1C[C@@H](C)C[C@H]1OC(=O)N[C@H](C(=O)N1C[C@H](Oc2nc3cc(OC)ccc3nc2Cl)[C@@H](CC)[C@H]1C(=O)OCC(C)C)C(C)(C)C. The number of unbranched alkanes of at least 4 members (excludes halogenated alkanes) is 1. The fourth-order valence-electron chi connectivity index (χ4n) is 7.12. The van der Waals surface area contributed by atoms with Crippen molar-refractivity contribution < 1.29 is 33.3 Å². The number of fused-ring (bicyclic) bond motifs is 1. The number of carbonyl (C=O) groups is 3. The molecule has 50 heavy (non-hydrogen) atoms. The Bertz CT molecular complexity index is 1510. The number of carbonyl (C=O) groups excluding carboxylic acids is 3. The zero-order chi connectivity index (χ0) is 36.7. The number of rotatable bonds is 14. The lowest BCUT2D eigenvalue weighted by Crippen LogP contribution is -2.57. The van der Waals surface area contributed by atoms with Crippen molar-refractivity contribution in [3.63, 3.8) is 0 Å². The Labute approximate surface area is 301 Å². The number of halogens is 1. The van der Waals surface area contributed by atoms with E-state index in [4.69, 9.17) is 30.5 Å². The highest BCUT2D eigenvalue weighted by molar-refractivity contribution is 6.31. The van der Waals surface area contributed by atoms with E-state index in [1.54, 1.807) is 25.3 Å². The van der Waals surface area contributed by atoms with Gasteiger partial charge >= 0.3 is 12.1 Å². The molecule has 7 atom stereocenters. The maximum atomic E-state index is 14.6. The molecular formula is C38H55ClN4O7. The van der Waals surface area contributed by atoms with E-state index in [1.807, 2.05) is 47.6 Å². The highest BCUT2D eigenvalue weighted by Gasteiger charge is 2.52. The normalized spacial score (nSPS) is 24.2. The molecule has 0 unspecified atom stereocenters. The van der Waals surface area contributed by atoms with Crippen LogP contribution >= 0.6 is 11.6 Å². The van der Waals surface area contributed by atoms with Crippen LogP contribution in [0.15, 0.2) is 30.9 Å². The Morgan fingerprint density at radius 1 is 1.14 bits per heavy atom. The molecule has 276 valence electrons. The van der Waals surface area contributed by atoms with Gasteiger partial charge < -0.3 is 29.2 Å². The zero-order valence-corrected chi connectivity index (χ0v) is 31.6. The maximum Gasteiger partial charge on any atom is 0.408 e. The van der Waals surface area contributed by atoms with Gasteiger partial charge in [0, 0.05) is 12.0 Å². The fourth-order valence-corrected chi connectivity index (χ4v) is 7.30. The molecule has 1 N–H and O–H groups in total. The molecule has 1 aromatic carbocycles. The van der Waals surface area contributed by atoms with E-state index < -0.39 is 47.5 Å². The molecule has 1 saturated heterocycles. The smallest absolute Gasteiger partial charge is 0.408 e. The number of allylic oxidation sites excluding steroid dienone is 1. The van der Waals surface area contributed by atoms with Gasteiger partial charge in [-0.05, 0) is 73.8 Å². The number of likely N-dealkylation sites (tertiary alicyclic amines) is 1. The summed E-state index contributed by atoms with van der Waals surface area (Å²) in [5.74, 6) is 0.0709. The molecular weight excluding hydrogens is 660 g/mol. The van der Waals surface area contributed by atoms with Crippen LogP contribution in [-0.2, 0) is 19.1 Å². The highest BCUT2D eigenvalue weighted by Crippen LogP contribution is 2.38. The number of amides is 2. The number of esters is 1. The monoisotopic (exact) mass is 714 g/mol. The first-order valence-corrected chi connectivity index (χ1v) is 18.3. The first-order valence-electron chi connectivity index (χ1n) is 17.9. The summed E-state index contributed by atoms with van der Waals surface area (Å²) in [6.45, 7) is 17.7. The van der Waals surface area contributed by atoms with E-state index >= 15 is 0 Å². The molecule has 1 aliphatic carbocycles. The van der Waals surface area contributed by atoms with Gasteiger partial charge in [0.2, 0.25) is 5.91 Å². The van der Waals surface area contributed by atoms with Crippen molar-refractivity contribution in [2.75, 3.05) is 20.3 Å². The second kappa shape index (κ2) is 17.1. The lowest BCUT2D eigenvalue weighted by atomic mass is 9.85. The van der Waals surface area contributed by atoms with Crippen molar-refractivity contribution in [3.8, 4) is 11.6 Å². The van der Waals surface area contributed by atoms with E-state index in [2.05, 4.69) is 28.8 Å². The van der Waals surface area contributed by atoms with Gasteiger partial charge in [-0.3, -0.25) is 4.79 Å². The van der Waals surface area contributed by atoms with Crippen molar-refractivity contribution in [3.05, 3.63) is 36.0 Å². The molecule has 12 heteroatoms. The molecule has 2 amide bonds. The Morgan fingerprint density at radius 3 is 2.52 bits per heavy atom. The maximum absolute atomic E-state index is 14.6. The van der Waals surface area contributed by atoms with Crippen molar-refractivity contribution in [2.24, 2.45) is 29.1 Å². The standard InChI is InChI=1S/C38H55ClN4O7/c1-10-12-13-14-24-17-23(5)18-29(24)50-37(46)42-32(38(6,7)8)35(44)43-20-30(26(11-2)31(43)36(45)48-21-22(3)4)49-34-33(39)40-27-16-15-25(47-9)19-28(27)41-34/h10,15-16,19,22-24,26,29-32H,1,11-14,17-18,20-21H2,2-9H3,(H,42,46)/t23-,24-,26-,29-,30+,31+,32-/m1/s1. The third kappa shape index (κ3) is 9.59. The first kappa shape index (κ1) is 39.2. The summed E-state index contributed by atoms with van der Waals surface area (Å²) >= 11 is 6.55. The molecule has 2 fully saturated rings. The van der Waals surface area contributed by atoms with Crippen LogP contribution in [0.2, 0.25) is 5.15 Å². The molecule has 4 rings (SSSR count). The third-order valence-electron chi connectivity index (χ3n) is 9.70. The van der Waals surface area contributed by atoms with Crippen LogP contribution in [0.25, 0.3) is 11.0 Å². The van der Waals surface area contributed by atoms with Crippen LogP contribution in [0, 0.1) is 29.1 Å². The number of aromatic nitrogens is 2. The van der Waals surface area contributed by atoms with Crippen LogP contribution in [0.3, 0.4) is 0 Å². The number of hydrogen-bond donors (Lipinski definition) is 1. The molecule has 0 spiro atoms. The highest BCUT2D eigenvalue weighted by atomic mass is 35.5. The van der Waals surface area contributed by atoms with Crippen molar-refractivity contribution in [1.29, 1.82) is 0 Å². The number of benzene rings is 1. The van der Waals surface area contributed by atoms with Gasteiger partial charge in [-0.15, -0.1) is 6.58 Å². The van der Waals surface area contributed by atoms with Gasteiger partial charge in [0.05, 0.1) is 31.3 Å². The van der Waals surface area contributed by atoms with E-state index in [9.17, 15) is 14.4 Å². The van der Waals surface area contributed by atoms with Crippen molar-refractivity contribution in [2.45, 2.75) is 111 Å². The van der Waals surface area contributed by atoms with Crippen LogP contribution in [0.5, 0.6) is 11.6 Å². The van der Waals surface area contributed by atoms with E-state index in [-0.39, 0.29) is 42.1 Å². The van der Waals surface area contributed by atoms with Crippen LogP contribution < -0.4 is 14.8 Å². The number of nitrogens with one attached hydrogen (secondary N) is 1. The molecule has 2 heterocycles. The predicted octanol–water partition coefficient (Wildman–Crippen LogP) is 7.39. The minimum absolute atomic E-state index is 0.0434. The summed E-state index contributed by atoms with van der Waals surface area (Å²) in [4.78, 5) is 52.4. The van der Waals surface area contributed by atoms with Gasteiger partial charge in [0.25, 0.3) is 5.88 Å². The van der Waals surface area contributed by atoms with E-state index in [0.717, 1.165) is 32.1 Å².